The molecule has 0 aromatic heterocycles. The molecule has 582 valence electrons. The van der Waals surface area contributed by atoms with Crippen LogP contribution in [0.1, 0.15) is 0 Å². The van der Waals surface area contributed by atoms with Crippen molar-refractivity contribution >= 4 is 85.5 Å². The molecule has 18 heteroatoms. The molecule has 0 aliphatic carbocycles. The fourth-order valence-electron chi connectivity index (χ4n) is 18.0. The molecular weight excluding hydrogens is 1490 g/mol. The lowest BCUT2D eigenvalue weighted by Gasteiger charge is -2.28. The average Bonchev–Trinajstić information content (AvgIpc) is 1.57. The Bertz CT molecular complexity index is 6110. The molecule has 0 atom stereocenters. The first-order valence-corrected chi connectivity index (χ1v) is 40.8. The van der Waals surface area contributed by atoms with Crippen LogP contribution >= 0.6 is 0 Å². The zero-order valence-corrected chi connectivity index (χ0v) is 66.5. The summed E-state index contributed by atoms with van der Waals surface area (Å²) in [6.07, 6.45) is 0. The van der Waals surface area contributed by atoms with Gasteiger partial charge in [-0.3, -0.25) is 0 Å². The maximum atomic E-state index is 7.04. The highest BCUT2D eigenvalue weighted by Crippen LogP contribution is 2.60. The first-order chi connectivity index (χ1) is 59.0. The third kappa shape index (κ3) is 11.7. The molecule has 0 fully saturated rings. The summed E-state index contributed by atoms with van der Waals surface area (Å²) in [6, 6.07) is 113. The molecule has 31 rings (SSSR count). The molecule has 0 unspecified atom stereocenters. The van der Waals surface area contributed by atoms with Crippen molar-refractivity contribution in [2.45, 2.75) is 0 Å². The first-order valence-electron chi connectivity index (χ1n) is 40.8. The normalized spacial score (nSPS) is 16.8. The van der Waals surface area contributed by atoms with Crippen molar-refractivity contribution in [2.24, 2.45) is 0 Å². The number of hydrogen-bond acceptors (Lipinski definition) is 12. The van der Waals surface area contributed by atoms with Crippen LogP contribution in [0.2, 0.25) is 0 Å². The van der Waals surface area contributed by atoms with Crippen molar-refractivity contribution in [3.05, 3.63) is 328 Å². The Kier molecular flexibility index (Phi) is 16.9. The van der Waals surface area contributed by atoms with Crippen LogP contribution in [-0.4, -0.2) is 63.2 Å². The Morgan fingerprint density at radius 2 is 0.283 bits per heavy atom. The van der Waals surface area contributed by atoms with Crippen molar-refractivity contribution < 1.29 is 71.8 Å². The molecule has 0 saturated carbocycles. The number of hydrogen-bond donors (Lipinski definition) is 3. The minimum absolute atomic E-state index is 0.520. The van der Waals surface area contributed by atoms with Crippen molar-refractivity contribution in [2.75, 3.05) is 42.3 Å². The van der Waals surface area contributed by atoms with Gasteiger partial charge in [0.25, 0.3) is 0 Å². The van der Waals surface area contributed by atoms with E-state index in [1.807, 2.05) is 167 Å². The summed E-state index contributed by atoms with van der Waals surface area (Å²) < 4.78 is 83.5. The highest BCUT2D eigenvalue weighted by atomic mass is 16.9. The number of quaternary nitrogens is 3. The van der Waals surface area contributed by atoms with E-state index in [2.05, 4.69) is 218 Å². The van der Waals surface area contributed by atoms with E-state index in [1.165, 1.54) is 0 Å². The van der Waals surface area contributed by atoms with E-state index in [9.17, 15) is 0 Å². The molecule has 0 saturated heterocycles. The van der Waals surface area contributed by atoms with Crippen LogP contribution < -0.4 is 71.8 Å². The van der Waals surface area contributed by atoms with Gasteiger partial charge in [-0.2, -0.15) is 0 Å². The Morgan fingerprint density at radius 1 is 0.158 bits per heavy atom. The van der Waals surface area contributed by atoms with E-state index in [4.69, 9.17) is 55.9 Å². The second-order valence-corrected chi connectivity index (χ2v) is 31.1. The summed E-state index contributed by atoms with van der Waals surface area (Å²) in [5.41, 5.74) is 16.9. The van der Waals surface area contributed by atoms with Crippen LogP contribution in [0, 0.1) is 0 Å². The fraction of sp³-hybridized carbons (Fsp3) is 0.0588. The van der Waals surface area contributed by atoms with E-state index in [0.717, 1.165) is 165 Å². The lowest BCUT2D eigenvalue weighted by molar-refractivity contribution is -0.597. The third-order valence-electron chi connectivity index (χ3n) is 23.0. The Morgan fingerprint density at radius 3 is 0.425 bits per heavy atom. The maximum Gasteiger partial charge on any atom is 0.777 e. The number of fused-ring (bicyclic) bond motifs is 12. The molecule has 13 heterocycles. The Balaban J connectivity index is 0.000000923. The minimum Gasteiger partial charge on any atom is -0.609 e. The Hall–Kier alpha value is -14.8. The van der Waals surface area contributed by atoms with Crippen molar-refractivity contribution in [3.8, 4) is 169 Å². The van der Waals surface area contributed by atoms with Gasteiger partial charge in [-0.1, -0.05) is 291 Å². The predicted molar refractivity (Wildman–Crippen MR) is 479 cm³/mol. The summed E-state index contributed by atoms with van der Waals surface area (Å²) in [5, 5.41) is 17.8. The molecule has 21 bridgehead atoms. The summed E-state index contributed by atoms with van der Waals surface area (Å²) in [5.74, 6) is 6.32. The van der Waals surface area contributed by atoms with Gasteiger partial charge in [-0.25, -0.2) is 0 Å². The summed E-state index contributed by atoms with van der Waals surface area (Å²) in [6.45, 7) is -8.65. The van der Waals surface area contributed by atoms with Gasteiger partial charge in [0.1, 0.15) is 69.0 Å². The number of rotatable bonds is 0. The molecule has 13 aliphatic heterocycles. The quantitative estimate of drug-likeness (QED) is 0.124. The van der Waals surface area contributed by atoms with Gasteiger partial charge in [-0.05, 0) is 168 Å². The topological polar surface area (TPSA) is 161 Å². The molecular formula is C102H78B3N3O12. The van der Waals surface area contributed by atoms with Crippen LogP contribution in [0.15, 0.2) is 328 Å². The molecule has 13 aliphatic rings. The standard InChI is InChI=1S/C96H54B3O12.3C2H7N/c1-7-19-73-67(13-1)49-79-91-85(73)61-37-25-55(26-38-61)56-27-39-63(40-28-56)87-75-21-9-3-15-69(75)51-81-93(87)108-98(102-81)103-82-52-70-16-5-11-23-77(70)89(94(82)109-98)65-45-33-59(34-46-65)60-35-47-66(48-36-60)90-78-24-12-6-18-72(78)54-84-96(90)111-99(105-84)104-83-53-71-17-4-10-22-76(71)88(95(83)110-99)64-43-31-58(32-44-64)57-29-41-62(42-30-57)86-74-20-8-2-14-68(74)50-80-92(86)107-97(100-79,101-80)106-91;3*1-3-2/h1-54H;3*3H,1-2H3/q-3;;;/p+3. The fourth-order valence-corrected chi connectivity index (χ4v) is 18.0. The highest BCUT2D eigenvalue weighted by molar-refractivity contribution is 6.61. The minimum atomic E-state index is -2.88. The van der Waals surface area contributed by atoms with E-state index in [1.54, 1.807) is 0 Å². The summed E-state index contributed by atoms with van der Waals surface area (Å²) in [4.78, 5) is 0. The van der Waals surface area contributed by atoms with Gasteiger partial charge < -0.3 is 71.8 Å². The summed E-state index contributed by atoms with van der Waals surface area (Å²) >= 11 is 0. The molecule has 0 amide bonds. The van der Waals surface area contributed by atoms with Gasteiger partial charge in [0.15, 0.2) is 0 Å². The highest BCUT2D eigenvalue weighted by Gasteiger charge is 2.57. The van der Waals surface area contributed by atoms with Crippen molar-refractivity contribution in [3.63, 3.8) is 0 Å². The van der Waals surface area contributed by atoms with E-state index in [-0.39, 0.29) is 0 Å². The number of nitrogens with two attached hydrogens (primary N) is 3. The zero-order chi connectivity index (χ0) is 80.5. The molecule has 15 nitrogen and oxygen atoms in total. The van der Waals surface area contributed by atoms with Crippen LogP contribution in [0.5, 0.6) is 69.0 Å². The predicted octanol–water partition coefficient (Wildman–Crippen LogP) is 20.4. The third-order valence-corrected chi connectivity index (χ3v) is 23.0. The summed E-state index contributed by atoms with van der Waals surface area (Å²) in [7, 11) is 12.0. The van der Waals surface area contributed by atoms with Crippen LogP contribution in [0.3, 0.4) is 0 Å². The van der Waals surface area contributed by atoms with Gasteiger partial charge in [0.05, 0.1) is 42.3 Å². The second kappa shape index (κ2) is 28.2. The molecule has 18 aromatic rings. The molecule has 3 spiro atoms. The monoisotopic (exact) mass is 1570 g/mol. The van der Waals surface area contributed by atoms with Crippen LogP contribution in [0.4, 0.5) is 0 Å². The molecule has 18 aromatic carbocycles. The lowest BCUT2D eigenvalue weighted by atomic mass is 9.93. The van der Waals surface area contributed by atoms with E-state index < -0.39 is 20.9 Å². The second-order valence-electron chi connectivity index (χ2n) is 31.1. The maximum absolute atomic E-state index is 7.04. The smallest absolute Gasteiger partial charge is 0.609 e. The Labute approximate surface area is 692 Å². The van der Waals surface area contributed by atoms with Crippen molar-refractivity contribution in [1.82, 2.24) is 0 Å². The number of benzene rings is 18. The average molecular weight is 1570 g/mol. The van der Waals surface area contributed by atoms with Crippen LogP contribution in [0.25, 0.3) is 165 Å². The van der Waals surface area contributed by atoms with E-state index in [0.29, 0.717) is 69.0 Å². The zero-order valence-electron chi connectivity index (χ0n) is 66.5. The molecule has 0 radical (unpaired) electrons. The van der Waals surface area contributed by atoms with Crippen LogP contribution in [-0.2, 0) is 0 Å². The largest absolute Gasteiger partial charge is 0.777 e. The van der Waals surface area contributed by atoms with Gasteiger partial charge in [0, 0.05) is 33.4 Å². The first kappa shape index (κ1) is 71.7. The molecule has 6 N–H and O–H groups in total. The SMILES string of the molecule is C[NH2+]C.C[NH2+]C.C[NH2+]C.c1ccc2c3c4c(cc2c1)O[B-]1(Oc2cc5ccccc5c(c2O1)-c1ccc(cc1)-c1ccc(cc1)-c1c2c(cc5ccccc15)O[B-]1(Oc5cc6ccccc6c(c5O1)-c1ccc(cc1)-c1ccc(cc1)-c1c5c(cc6ccccc16)O[B-]1(Oc6cc7ccccc7c(c6O1)-c1ccc(cc1)-c1ccc-3cc1)O5)O2)O4. The van der Waals surface area contributed by atoms with Gasteiger partial charge >= 0.3 is 20.9 Å². The van der Waals surface area contributed by atoms with Crippen molar-refractivity contribution in [1.29, 1.82) is 0 Å². The molecule has 120 heavy (non-hydrogen) atoms. The van der Waals surface area contributed by atoms with Gasteiger partial charge in [0.2, 0.25) is 0 Å². The van der Waals surface area contributed by atoms with E-state index >= 15 is 0 Å². The van der Waals surface area contributed by atoms with Gasteiger partial charge in [-0.15, -0.1) is 0 Å². The lowest BCUT2D eigenvalue weighted by Crippen LogP contribution is -2.74.